The highest BCUT2D eigenvalue weighted by molar-refractivity contribution is 5.38. The van der Waals surface area contributed by atoms with Crippen LogP contribution in [0, 0.1) is 6.92 Å². The monoisotopic (exact) mass is 246 g/mol. The maximum atomic E-state index is 6.11. The normalized spacial score (nSPS) is 24.4. The minimum Gasteiger partial charge on any atom is -0.465 e. The minimum atomic E-state index is -0.0256. The standard InChI is InChI=1S/C16H22O2/c1-12-7-8-13-9-10-16(18-15(13)11-12)17-14-5-3-2-4-6-14/h7-8,11,14,16H,2-6,9-10H2,1H3. The van der Waals surface area contributed by atoms with Crippen LogP contribution in [0.5, 0.6) is 5.75 Å². The molecule has 0 radical (unpaired) electrons. The van der Waals surface area contributed by atoms with Crippen molar-refractivity contribution in [1.29, 1.82) is 0 Å². The first-order valence-electron chi connectivity index (χ1n) is 7.23. The van der Waals surface area contributed by atoms with Crippen molar-refractivity contribution < 1.29 is 9.47 Å². The molecular formula is C16H22O2. The molecule has 1 aliphatic heterocycles. The van der Waals surface area contributed by atoms with Gasteiger partial charge in [0.05, 0.1) is 6.10 Å². The van der Waals surface area contributed by atoms with E-state index in [9.17, 15) is 0 Å². The van der Waals surface area contributed by atoms with E-state index < -0.39 is 0 Å². The van der Waals surface area contributed by atoms with Gasteiger partial charge in [0.1, 0.15) is 5.75 Å². The smallest absolute Gasteiger partial charge is 0.200 e. The third-order valence-corrected chi connectivity index (χ3v) is 4.03. The Bertz CT molecular complexity index is 408. The van der Waals surface area contributed by atoms with E-state index in [1.165, 1.54) is 43.2 Å². The molecule has 2 heteroatoms. The zero-order valence-corrected chi connectivity index (χ0v) is 11.2. The van der Waals surface area contributed by atoms with Gasteiger partial charge in [0.25, 0.3) is 0 Å². The van der Waals surface area contributed by atoms with Crippen molar-refractivity contribution in [2.75, 3.05) is 0 Å². The minimum absolute atomic E-state index is 0.0256. The summed E-state index contributed by atoms with van der Waals surface area (Å²) < 4.78 is 12.1. The number of rotatable bonds is 2. The van der Waals surface area contributed by atoms with Gasteiger partial charge in [0, 0.05) is 6.42 Å². The fourth-order valence-electron chi connectivity index (χ4n) is 2.96. The Hall–Kier alpha value is -1.02. The summed E-state index contributed by atoms with van der Waals surface area (Å²) in [6.45, 7) is 2.11. The maximum absolute atomic E-state index is 6.11. The van der Waals surface area contributed by atoms with Crippen LogP contribution >= 0.6 is 0 Å². The summed E-state index contributed by atoms with van der Waals surface area (Å²) in [4.78, 5) is 0. The number of ether oxygens (including phenoxy) is 2. The molecule has 1 fully saturated rings. The van der Waals surface area contributed by atoms with E-state index in [1.54, 1.807) is 0 Å². The molecule has 2 nitrogen and oxygen atoms in total. The zero-order valence-electron chi connectivity index (χ0n) is 11.2. The molecule has 0 spiro atoms. The molecule has 0 saturated heterocycles. The lowest BCUT2D eigenvalue weighted by molar-refractivity contribution is -0.136. The molecule has 1 heterocycles. The predicted octanol–water partition coefficient (Wildman–Crippen LogP) is 4.00. The predicted molar refractivity (Wildman–Crippen MR) is 71.9 cm³/mol. The van der Waals surface area contributed by atoms with Gasteiger partial charge < -0.3 is 9.47 Å². The van der Waals surface area contributed by atoms with Gasteiger partial charge >= 0.3 is 0 Å². The molecule has 1 aromatic rings. The summed E-state index contributed by atoms with van der Waals surface area (Å²) in [5, 5.41) is 0. The van der Waals surface area contributed by atoms with Crippen molar-refractivity contribution in [2.45, 2.75) is 64.3 Å². The van der Waals surface area contributed by atoms with Crippen LogP contribution in [0.3, 0.4) is 0 Å². The molecule has 18 heavy (non-hydrogen) atoms. The fraction of sp³-hybridized carbons (Fsp3) is 0.625. The van der Waals surface area contributed by atoms with Crippen molar-refractivity contribution in [3.63, 3.8) is 0 Å². The summed E-state index contributed by atoms with van der Waals surface area (Å²) in [6.07, 6.45) is 8.88. The van der Waals surface area contributed by atoms with Gasteiger partial charge in [-0.25, -0.2) is 0 Å². The average molecular weight is 246 g/mol. The number of hydrogen-bond acceptors (Lipinski definition) is 2. The first kappa shape index (κ1) is 12.0. The van der Waals surface area contributed by atoms with E-state index in [2.05, 4.69) is 25.1 Å². The highest BCUT2D eigenvalue weighted by Crippen LogP contribution is 2.31. The molecule has 3 rings (SSSR count). The lowest BCUT2D eigenvalue weighted by Gasteiger charge is -2.31. The molecule has 1 atom stereocenters. The van der Waals surface area contributed by atoms with Gasteiger partial charge in [0.15, 0.2) is 6.29 Å². The van der Waals surface area contributed by atoms with E-state index >= 15 is 0 Å². The highest BCUT2D eigenvalue weighted by atomic mass is 16.7. The van der Waals surface area contributed by atoms with Gasteiger partial charge in [-0.05, 0) is 43.4 Å². The molecular weight excluding hydrogens is 224 g/mol. The van der Waals surface area contributed by atoms with Gasteiger partial charge in [-0.3, -0.25) is 0 Å². The van der Waals surface area contributed by atoms with Gasteiger partial charge in [0.2, 0.25) is 0 Å². The van der Waals surface area contributed by atoms with Crippen LogP contribution in [-0.4, -0.2) is 12.4 Å². The van der Waals surface area contributed by atoms with E-state index in [0.717, 1.165) is 18.6 Å². The van der Waals surface area contributed by atoms with Crippen LogP contribution in [0.2, 0.25) is 0 Å². The summed E-state index contributed by atoms with van der Waals surface area (Å²) >= 11 is 0. The molecule has 1 aliphatic carbocycles. The SMILES string of the molecule is Cc1ccc2c(c1)OC(OC1CCCCC1)CC2. The number of fused-ring (bicyclic) bond motifs is 1. The fourth-order valence-corrected chi connectivity index (χ4v) is 2.96. The first-order chi connectivity index (χ1) is 8.81. The van der Waals surface area contributed by atoms with Gasteiger partial charge in [-0.1, -0.05) is 31.4 Å². The molecule has 1 unspecified atom stereocenters. The summed E-state index contributed by atoms with van der Waals surface area (Å²) in [5.74, 6) is 1.03. The topological polar surface area (TPSA) is 18.5 Å². The molecule has 0 aromatic heterocycles. The summed E-state index contributed by atoms with van der Waals surface area (Å²) in [6, 6.07) is 6.47. The third kappa shape index (κ3) is 2.69. The zero-order chi connectivity index (χ0) is 12.4. The Morgan fingerprint density at radius 2 is 1.94 bits per heavy atom. The van der Waals surface area contributed by atoms with Gasteiger partial charge in [-0.15, -0.1) is 0 Å². The summed E-state index contributed by atoms with van der Waals surface area (Å²) in [7, 11) is 0. The number of hydrogen-bond donors (Lipinski definition) is 0. The molecule has 2 aliphatic rings. The Morgan fingerprint density at radius 1 is 1.11 bits per heavy atom. The van der Waals surface area contributed by atoms with Crippen molar-refractivity contribution in [3.8, 4) is 5.75 Å². The van der Waals surface area contributed by atoms with Crippen LogP contribution in [0.4, 0.5) is 0 Å². The van der Waals surface area contributed by atoms with E-state index in [0.29, 0.717) is 6.10 Å². The summed E-state index contributed by atoms with van der Waals surface area (Å²) in [5.41, 5.74) is 2.58. The van der Waals surface area contributed by atoms with Crippen molar-refractivity contribution in [2.24, 2.45) is 0 Å². The van der Waals surface area contributed by atoms with Crippen molar-refractivity contribution in [1.82, 2.24) is 0 Å². The average Bonchev–Trinajstić information content (AvgIpc) is 2.39. The molecule has 0 N–H and O–H groups in total. The van der Waals surface area contributed by atoms with Gasteiger partial charge in [-0.2, -0.15) is 0 Å². The van der Waals surface area contributed by atoms with E-state index in [-0.39, 0.29) is 6.29 Å². The van der Waals surface area contributed by atoms with Crippen LogP contribution in [0.15, 0.2) is 18.2 Å². The van der Waals surface area contributed by atoms with Crippen LogP contribution in [0.25, 0.3) is 0 Å². The molecule has 1 aromatic carbocycles. The number of aryl methyl sites for hydroxylation is 2. The van der Waals surface area contributed by atoms with Crippen molar-refractivity contribution >= 4 is 0 Å². The second-order valence-electron chi connectivity index (χ2n) is 5.59. The molecule has 1 saturated carbocycles. The lowest BCUT2D eigenvalue weighted by Crippen LogP contribution is -2.31. The van der Waals surface area contributed by atoms with Crippen LogP contribution in [-0.2, 0) is 11.2 Å². The Balaban J connectivity index is 1.63. The quantitative estimate of drug-likeness (QED) is 0.785. The largest absolute Gasteiger partial charge is 0.465 e. The van der Waals surface area contributed by atoms with E-state index in [4.69, 9.17) is 9.47 Å². The molecule has 98 valence electrons. The Morgan fingerprint density at radius 3 is 2.78 bits per heavy atom. The maximum Gasteiger partial charge on any atom is 0.200 e. The second-order valence-corrected chi connectivity index (χ2v) is 5.59. The highest BCUT2D eigenvalue weighted by Gasteiger charge is 2.24. The Labute approximate surface area is 109 Å². The second kappa shape index (κ2) is 5.31. The van der Waals surface area contributed by atoms with Crippen molar-refractivity contribution in [3.05, 3.63) is 29.3 Å². The molecule has 0 bridgehead atoms. The number of benzene rings is 1. The lowest BCUT2D eigenvalue weighted by atomic mass is 9.97. The third-order valence-electron chi connectivity index (χ3n) is 4.03. The van der Waals surface area contributed by atoms with Crippen LogP contribution < -0.4 is 4.74 Å². The van der Waals surface area contributed by atoms with E-state index in [1.807, 2.05) is 0 Å². The van der Waals surface area contributed by atoms with Crippen LogP contribution in [0.1, 0.15) is 49.7 Å². The molecule has 0 amide bonds. The first-order valence-corrected chi connectivity index (χ1v) is 7.23. The Kier molecular flexibility index (Phi) is 3.55.